The molecular weight excluding hydrogens is 278 g/mol. The van der Waals surface area contributed by atoms with Crippen LogP contribution in [0.15, 0.2) is 29.6 Å². The van der Waals surface area contributed by atoms with Crippen molar-refractivity contribution in [2.75, 3.05) is 19.8 Å². The molecule has 2 heterocycles. The lowest BCUT2D eigenvalue weighted by Crippen LogP contribution is -2.34. The number of ether oxygens (including phenoxy) is 1. The van der Waals surface area contributed by atoms with Gasteiger partial charge >= 0.3 is 0 Å². The molecule has 1 aliphatic rings. The quantitative estimate of drug-likeness (QED) is 0.694. The van der Waals surface area contributed by atoms with Gasteiger partial charge < -0.3 is 10.1 Å². The van der Waals surface area contributed by atoms with Crippen molar-refractivity contribution < 1.29 is 9.66 Å². The minimum absolute atomic E-state index is 0.0798. The second-order valence-electron chi connectivity index (χ2n) is 4.46. The summed E-state index contributed by atoms with van der Waals surface area (Å²) in [7, 11) is 0. The summed E-state index contributed by atoms with van der Waals surface area (Å²) in [6, 6.07) is 6.64. The highest BCUT2D eigenvalue weighted by Crippen LogP contribution is 2.28. The predicted octanol–water partition coefficient (Wildman–Crippen LogP) is 2.38. The molecule has 0 radical (unpaired) electrons. The molecule has 0 amide bonds. The van der Waals surface area contributed by atoms with Gasteiger partial charge in [0.05, 0.1) is 29.9 Å². The van der Waals surface area contributed by atoms with Crippen LogP contribution in [-0.2, 0) is 4.74 Å². The molecule has 2 aromatic rings. The SMILES string of the molecule is O=[N+]([O-])c1cccc(-c2csc(C3COCCN3)n2)c1. The van der Waals surface area contributed by atoms with Gasteiger partial charge in [-0.1, -0.05) is 12.1 Å². The van der Waals surface area contributed by atoms with Gasteiger partial charge in [0.25, 0.3) is 5.69 Å². The van der Waals surface area contributed by atoms with Crippen LogP contribution in [0.5, 0.6) is 0 Å². The number of hydrogen-bond acceptors (Lipinski definition) is 6. The Morgan fingerprint density at radius 3 is 3.15 bits per heavy atom. The molecule has 3 rings (SSSR count). The summed E-state index contributed by atoms with van der Waals surface area (Å²) in [5, 5.41) is 17.0. The number of nitrogens with zero attached hydrogens (tertiary/aromatic N) is 2. The highest BCUT2D eigenvalue weighted by molar-refractivity contribution is 7.10. The fourth-order valence-electron chi connectivity index (χ4n) is 2.08. The fourth-order valence-corrected chi connectivity index (χ4v) is 2.97. The van der Waals surface area contributed by atoms with Crippen LogP contribution >= 0.6 is 11.3 Å². The molecule has 1 unspecified atom stereocenters. The first-order valence-electron chi connectivity index (χ1n) is 6.25. The molecule has 1 aromatic heterocycles. The molecule has 7 heteroatoms. The summed E-state index contributed by atoms with van der Waals surface area (Å²) in [4.78, 5) is 15.0. The van der Waals surface area contributed by atoms with E-state index in [9.17, 15) is 10.1 Å². The van der Waals surface area contributed by atoms with E-state index in [2.05, 4.69) is 10.3 Å². The maximum absolute atomic E-state index is 10.8. The van der Waals surface area contributed by atoms with Crippen LogP contribution in [0.1, 0.15) is 11.0 Å². The smallest absolute Gasteiger partial charge is 0.270 e. The van der Waals surface area contributed by atoms with Crippen LogP contribution in [-0.4, -0.2) is 29.7 Å². The third-order valence-electron chi connectivity index (χ3n) is 3.09. The average Bonchev–Trinajstić information content (AvgIpc) is 2.98. The van der Waals surface area contributed by atoms with Crippen molar-refractivity contribution in [2.45, 2.75) is 6.04 Å². The van der Waals surface area contributed by atoms with Gasteiger partial charge in [0.15, 0.2) is 0 Å². The lowest BCUT2D eigenvalue weighted by molar-refractivity contribution is -0.384. The first-order chi connectivity index (χ1) is 9.74. The van der Waals surface area contributed by atoms with E-state index in [0.29, 0.717) is 6.61 Å². The highest BCUT2D eigenvalue weighted by Gasteiger charge is 2.19. The number of nitro benzene ring substituents is 1. The van der Waals surface area contributed by atoms with Crippen molar-refractivity contribution in [3.05, 3.63) is 44.8 Å². The van der Waals surface area contributed by atoms with Crippen molar-refractivity contribution >= 4 is 17.0 Å². The Kier molecular flexibility index (Phi) is 3.72. The number of nitrogens with one attached hydrogen (secondary N) is 1. The van der Waals surface area contributed by atoms with Crippen molar-refractivity contribution in [3.8, 4) is 11.3 Å². The minimum atomic E-state index is -0.396. The van der Waals surface area contributed by atoms with Gasteiger partial charge in [-0.25, -0.2) is 4.98 Å². The number of non-ortho nitro benzene ring substituents is 1. The molecule has 0 spiro atoms. The summed E-state index contributed by atoms with van der Waals surface area (Å²) in [5.74, 6) is 0. The van der Waals surface area contributed by atoms with E-state index in [4.69, 9.17) is 4.74 Å². The van der Waals surface area contributed by atoms with E-state index >= 15 is 0 Å². The summed E-state index contributed by atoms with van der Waals surface area (Å²) < 4.78 is 5.42. The Hall–Kier alpha value is -1.83. The van der Waals surface area contributed by atoms with Gasteiger partial charge in [0.1, 0.15) is 5.01 Å². The summed E-state index contributed by atoms with van der Waals surface area (Å²) in [5.41, 5.74) is 1.61. The van der Waals surface area contributed by atoms with Crippen LogP contribution in [0.25, 0.3) is 11.3 Å². The molecule has 1 N–H and O–H groups in total. The van der Waals surface area contributed by atoms with Crippen LogP contribution in [0, 0.1) is 10.1 Å². The van der Waals surface area contributed by atoms with Gasteiger partial charge in [-0.2, -0.15) is 0 Å². The van der Waals surface area contributed by atoms with E-state index in [1.165, 1.54) is 6.07 Å². The van der Waals surface area contributed by atoms with E-state index in [1.807, 2.05) is 11.4 Å². The molecule has 1 aromatic carbocycles. The van der Waals surface area contributed by atoms with E-state index in [0.717, 1.165) is 29.4 Å². The van der Waals surface area contributed by atoms with Gasteiger partial charge in [-0.15, -0.1) is 11.3 Å². The number of nitro groups is 1. The minimum Gasteiger partial charge on any atom is -0.378 e. The molecule has 1 fully saturated rings. The maximum atomic E-state index is 10.8. The number of aromatic nitrogens is 1. The fraction of sp³-hybridized carbons (Fsp3) is 0.308. The molecule has 1 aliphatic heterocycles. The first kappa shape index (κ1) is 13.2. The standard InChI is InChI=1S/C13H13N3O3S/c17-16(18)10-3-1-2-9(6-10)12-8-20-13(15-12)11-7-19-5-4-14-11/h1-3,6,8,11,14H,4-5,7H2. The Morgan fingerprint density at radius 2 is 2.40 bits per heavy atom. The van der Waals surface area contributed by atoms with Gasteiger partial charge in [0.2, 0.25) is 0 Å². The van der Waals surface area contributed by atoms with Gasteiger partial charge in [-0.05, 0) is 0 Å². The lowest BCUT2D eigenvalue weighted by Gasteiger charge is -2.21. The lowest BCUT2D eigenvalue weighted by atomic mass is 10.1. The Labute approximate surface area is 119 Å². The molecular formula is C13H13N3O3S. The van der Waals surface area contributed by atoms with Crippen LogP contribution in [0.3, 0.4) is 0 Å². The second kappa shape index (κ2) is 5.66. The third kappa shape index (κ3) is 2.69. The number of hydrogen-bond donors (Lipinski definition) is 1. The van der Waals surface area contributed by atoms with E-state index in [-0.39, 0.29) is 11.7 Å². The average molecular weight is 291 g/mol. The predicted molar refractivity (Wildman–Crippen MR) is 75.8 cm³/mol. The molecule has 20 heavy (non-hydrogen) atoms. The number of rotatable bonds is 3. The van der Waals surface area contributed by atoms with Gasteiger partial charge in [-0.3, -0.25) is 10.1 Å². The molecule has 1 atom stereocenters. The summed E-state index contributed by atoms with van der Waals surface area (Å²) in [6.07, 6.45) is 0. The number of thiazole rings is 1. The number of morpholine rings is 1. The summed E-state index contributed by atoms with van der Waals surface area (Å²) >= 11 is 1.54. The monoisotopic (exact) mass is 291 g/mol. The third-order valence-corrected chi connectivity index (χ3v) is 4.05. The molecule has 1 saturated heterocycles. The Bertz CT molecular complexity index is 623. The van der Waals surface area contributed by atoms with E-state index in [1.54, 1.807) is 23.5 Å². The van der Waals surface area contributed by atoms with Crippen molar-refractivity contribution in [3.63, 3.8) is 0 Å². The zero-order valence-electron chi connectivity index (χ0n) is 10.6. The molecule has 104 valence electrons. The van der Waals surface area contributed by atoms with Crippen LogP contribution < -0.4 is 5.32 Å². The van der Waals surface area contributed by atoms with E-state index < -0.39 is 4.92 Å². The van der Waals surface area contributed by atoms with Crippen molar-refractivity contribution in [2.24, 2.45) is 0 Å². The zero-order chi connectivity index (χ0) is 13.9. The zero-order valence-corrected chi connectivity index (χ0v) is 11.4. The first-order valence-corrected chi connectivity index (χ1v) is 7.13. The topological polar surface area (TPSA) is 77.3 Å². The maximum Gasteiger partial charge on any atom is 0.270 e. The summed E-state index contributed by atoms with van der Waals surface area (Å²) in [6.45, 7) is 2.15. The molecule has 0 bridgehead atoms. The van der Waals surface area contributed by atoms with Crippen molar-refractivity contribution in [1.82, 2.24) is 10.3 Å². The Balaban J connectivity index is 1.85. The largest absolute Gasteiger partial charge is 0.378 e. The van der Waals surface area contributed by atoms with Crippen LogP contribution in [0.2, 0.25) is 0 Å². The second-order valence-corrected chi connectivity index (χ2v) is 5.35. The normalized spacial score (nSPS) is 18.9. The molecule has 6 nitrogen and oxygen atoms in total. The molecule has 0 saturated carbocycles. The molecule has 0 aliphatic carbocycles. The number of benzene rings is 1. The Morgan fingerprint density at radius 1 is 1.50 bits per heavy atom. The van der Waals surface area contributed by atoms with Crippen molar-refractivity contribution in [1.29, 1.82) is 0 Å². The highest BCUT2D eigenvalue weighted by atomic mass is 32.1. The van der Waals surface area contributed by atoms with Gasteiger partial charge in [0, 0.05) is 29.6 Å². The van der Waals surface area contributed by atoms with Crippen LogP contribution in [0.4, 0.5) is 5.69 Å².